The molecule has 100 valence electrons. The van der Waals surface area contributed by atoms with Crippen LogP contribution in [0.5, 0.6) is 0 Å². The Morgan fingerprint density at radius 3 is 2.12 bits per heavy atom. The molecule has 0 aliphatic heterocycles. The first-order valence-electron chi connectivity index (χ1n) is 5.72. The van der Waals surface area contributed by atoms with Gasteiger partial charge in [0.2, 0.25) is 0 Å². The van der Waals surface area contributed by atoms with Crippen molar-refractivity contribution in [2.45, 2.75) is 50.7 Å². The zero-order valence-electron chi connectivity index (χ0n) is 9.76. The topological polar surface area (TPSA) is 63.3 Å². The molecule has 3 nitrogen and oxygen atoms in total. The van der Waals surface area contributed by atoms with E-state index in [0.717, 1.165) is 0 Å². The van der Waals surface area contributed by atoms with E-state index in [-0.39, 0.29) is 25.2 Å². The quantitative estimate of drug-likeness (QED) is 0.812. The van der Waals surface area contributed by atoms with Crippen LogP contribution in [-0.4, -0.2) is 22.8 Å². The molecule has 0 aromatic heterocycles. The highest BCUT2D eigenvalue weighted by Crippen LogP contribution is 2.41. The minimum absolute atomic E-state index is 0.0142. The number of carboxylic acids is 1. The average molecular weight is 253 g/mol. The predicted octanol–water partition coefficient (Wildman–Crippen LogP) is 2.55. The molecule has 0 aromatic carbocycles. The highest BCUT2D eigenvalue weighted by molar-refractivity contribution is 5.77. The zero-order valence-corrected chi connectivity index (χ0v) is 9.76. The summed E-state index contributed by atoms with van der Waals surface area (Å²) in [6.07, 6.45) is -2.89. The lowest BCUT2D eigenvalue weighted by Crippen LogP contribution is -2.46. The summed E-state index contributed by atoms with van der Waals surface area (Å²) in [5.41, 5.74) is 4.25. The van der Waals surface area contributed by atoms with Gasteiger partial charge in [0.25, 0.3) is 0 Å². The highest BCUT2D eigenvalue weighted by atomic mass is 19.4. The Morgan fingerprint density at radius 2 is 1.76 bits per heavy atom. The van der Waals surface area contributed by atoms with E-state index in [1.54, 1.807) is 0 Å². The summed E-state index contributed by atoms with van der Waals surface area (Å²) < 4.78 is 37.2. The Morgan fingerprint density at radius 1 is 1.29 bits per heavy atom. The molecule has 0 heterocycles. The van der Waals surface area contributed by atoms with Crippen molar-refractivity contribution in [3.63, 3.8) is 0 Å². The molecular weight excluding hydrogens is 235 g/mol. The van der Waals surface area contributed by atoms with Crippen LogP contribution in [0.2, 0.25) is 0 Å². The van der Waals surface area contributed by atoms with Crippen molar-refractivity contribution in [3.8, 4) is 0 Å². The first-order chi connectivity index (χ1) is 7.63. The fourth-order valence-corrected chi connectivity index (χ4v) is 2.38. The van der Waals surface area contributed by atoms with Crippen LogP contribution in [0, 0.1) is 11.8 Å². The molecule has 0 saturated heterocycles. The summed E-state index contributed by atoms with van der Waals surface area (Å²) in [7, 11) is 0. The Labute approximate surface area is 98.2 Å². The SMILES string of the molecule is CC(N)(CC1CCC(C(F)(F)F)CC1)C(=O)O. The highest BCUT2D eigenvalue weighted by Gasteiger charge is 2.42. The maximum absolute atomic E-state index is 12.4. The van der Waals surface area contributed by atoms with E-state index >= 15 is 0 Å². The van der Waals surface area contributed by atoms with Gasteiger partial charge in [-0.3, -0.25) is 4.79 Å². The minimum Gasteiger partial charge on any atom is -0.480 e. The van der Waals surface area contributed by atoms with Crippen LogP contribution < -0.4 is 5.73 Å². The van der Waals surface area contributed by atoms with Gasteiger partial charge in [-0.15, -0.1) is 0 Å². The monoisotopic (exact) mass is 253 g/mol. The molecule has 6 heteroatoms. The molecule has 3 N–H and O–H groups in total. The van der Waals surface area contributed by atoms with E-state index in [2.05, 4.69) is 0 Å². The Balaban J connectivity index is 2.46. The van der Waals surface area contributed by atoms with E-state index in [0.29, 0.717) is 12.8 Å². The number of hydrogen-bond donors (Lipinski definition) is 2. The summed E-state index contributed by atoms with van der Waals surface area (Å²) in [6.45, 7) is 1.41. The molecule has 0 aromatic rings. The van der Waals surface area contributed by atoms with Crippen molar-refractivity contribution in [3.05, 3.63) is 0 Å². The van der Waals surface area contributed by atoms with Gasteiger partial charge < -0.3 is 10.8 Å². The van der Waals surface area contributed by atoms with Crippen LogP contribution in [0.1, 0.15) is 39.0 Å². The standard InChI is InChI=1S/C11H18F3NO2/c1-10(15,9(16)17)6-7-2-4-8(5-3-7)11(12,13)14/h7-8H,2-6,15H2,1H3,(H,16,17). The summed E-state index contributed by atoms with van der Waals surface area (Å²) in [5, 5.41) is 8.85. The van der Waals surface area contributed by atoms with Crippen LogP contribution in [0.25, 0.3) is 0 Å². The first-order valence-corrected chi connectivity index (χ1v) is 5.72. The van der Waals surface area contributed by atoms with Crippen molar-refractivity contribution < 1.29 is 23.1 Å². The lowest BCUT2D eigenvalue weighted by atomic mass is 9.76. The van der Waals surface area contributed by atoms with Gasteiger partial charge in [0, 0.05) is 0 Å². The summed E-state index contributed by atoms with van der Waals surface area (Å²) >= 11 is 0. The van der Waals surface area contributed by atoms with E-state index in [9.17, 15) is 18.0 Å². The van der Waals surface area contributed by atoms with Crippen molar-refractivity contribution in [2.75, 3.05) is 0 Å². The number of halogens is 3. The van der Waals surface area contributed by atoms with Crippen molar-refractivity contribution >= 4 is 5.97 Å². The van der Waals surface area contributed by atoms with Gasteiger partial charge in [0.1, 0.15) is 5.54 Å². The van der Waals surface area contributed by atoms with Gasteiger partial charge in [-0.05, 0) is 44.9 Å². The predicted molar refractivity (Wildman–Crippen MR) is 56.3 cm³/mol. The second kappa shape index (κ2) is 4.84. The van der Waals surface area contributed by atoms with Gasteiger partial charge >= 0.3 is 12.1 Å². The Kier molecular flexibility index (Phi) is 4.06. The third-order valence-electron chi connectivity index (χ3n) is 3.51. The number of alkyl halides is 3. The van der Waals surface area contributed by atoms with Gasteiger partial charge in [-0.1, -0.05) is 0 Å². The zero-order chi connectivity index (χ0) is 13.3. The number of carbonyl (C=O) groups is 1. The van der Waals surface area contributed by atoms with Crippen molar-refractivity contribution in [1.29, 1.82) is 0 Å². The van der Waals surface area contributed by atoms with Crippen LogP contribution in [-0.2, 0) is 4.79 Å². The third-order valence-corrected chi connectivity index (χ3v) is 3.51. The summed E-state index contributed by atoms with van der Waals surface area (Å²) in [4.78, 5) is 10.8. The summed E-state index contributed by atoms with van der Waals surface area (Å²) in [5.74, 6) is -2.34. The third kappa shape index (κ3) is 3.87. The molecule has 1 atom stereocenters. The molecule has 0 radical (unpaired) electrons. The molecule has 0 amide bonds. The second-order valence-electron chi connectivity index (χ2n) is 5.19. The molecule has 1 fully saturated rings. The van der Waals surface area contributed by atoms with Gasteiger partial charge in [-0.2, -0.15) is 13.2 Å². The summed E-state index contributed by atoms with van der Waals surface area (Å²) in [6, 6.07) is 0. The van der Waals surface area contributed by atoms with Crippen molar-refractivity contribution in [2.24, 2.45) is 17.6 Å². The van der Waals surface area contributed by atoms with E-state index in [1.165, 1.54) is 6.92 Å². The second-order valence-corrected chi connectivity index (χ2v) is 5.19. The molecule has 1 aliphatic rings. The molecule has 17 heavy (non-hydrogen) atoms. The van der Waals surface area contributed by atoms with Gasteiger partial charge in [-0.25, -0.2) is 0 Å². The van der Waals surface area contributed by atoms with Gasteiger partial charge in [0.15, 0.2) is 0 Å². The molecule has 0 bridgehead atoms. The first kappa shape index (κ1) is 14.3. The number of rotatable bonds is 3. The molecule has 1 saturated carbocycles. The smallest absolute Gasteiger partial charge is 0.391 e. The van der Waals surface area contributed by atoms with Crippen LogP contribution in [0.15, 0.2) is 0 Å². The maximum atomic E-state index is 12.4. The van der Waals surface area contributed by atoms with E-state index < -0.39 is 23.6 Å². The number of carboxylic acid groups (broad SMARTS) is 1. The lowest BCUT2D eigenvalue weighted by molar-refractivity contribution is -0.184. The Bertz CT molecular complexity index is 281. The Hall–Kier alpha value is -0.780. The van der Waals surface area contributed by atoms with Crippen LogP contribution >= 0.6 is 0 Å². The maximum Gasteiger partial charge on any atom is 0.391 e. The fraction of sp³-hybridized carbons (Fsp3) is 0.909. The molecule has 1 rings (SSSR count). The lowest BCUT2D eigenvalue weighted by Gasteiger charge is -2.33. The number of nitrogens with two attached hydrogens (primary N) is 1. The normalized spacial score (nSPS) is 29.7. The van der Waals surface area contributed by atoms with E-state index in [4.69, 9.17) is 10.8 Å². The number of hydrogen-bond acceptors (Lipinski definition) is 2. The molecule has 0 spiro atoms. The van der Waals surface area contributed by atoms with Crippen LogP contribution in [0.3, 0.4) is 0 Å². The van der Waals surface area contributed by atoms with Gasteiger partial charge in [0.05, 0.1) is 5.92 Å². The van der Waals surface area contributed by atoms with E-state index in [1.807, 2.05) is 0 Å². The van der Waals surface area contributed by atoms with Crippen molar-refractivity contribution in [1.82, 2.24) is 0 Å². The molecular formula is C11H18F3NO2. The largest absolute Gasteiger partial charge is 0.480 e. The van der Waals surface area contributed by atoms with Crippen LogP contribution in [0.4, 0.5) is 13.2 Å². The molecule has 1 aliphatic carbocycles. The average Bonchev–Trinajstić information content (AvgIpc) is 2.16. The fourth-order valence-electron chi connectivity index (χ4n) is 2.38. The minimum atomic E-state index is -4.12. The molecule has 1 unspecified atom stereocenters. The number of aliphatic carboxylic acids is 1.